The predicted molar refractivity (Wildman–Crippen MR) is 301 cm³/mol. The zero-order valence-electron chi connectivity index (χ0n) is 42.9. The van der Waals surface area contributed by atoms with Crippen LogP contribution in [0.4, 0.5) is 51.2 Å². The van der Waals surface area contributed by atoms with Gasteiger partial charge in [0.05, 0.1) is 0 Å². The second-order valence-electron chi connectivity index (χ2n) is 23.7. The van der Waals surface area contributed by atoms with E-state index in [-0.39, 0.29) is 28.4 Å². The van der Waals surface area contributed by atoms with E-state index in [4.69, 9.17) is 0 Å². The molecule has 4 heteroatoms. The molecule has 0 saturated carbocycles. The minimum atomic E-state index is -0.0341. The van der Waals surface area contributed by atoms with Crippen molar-refractivity contribution in [3.8, 4) is 11.1 Å². The first-order valence-electron chi connectivity index (χ1n) is 25.8. The van der Waals surface area contributed by atoms with Crippen molar-refractivity contribution in [3.63, 3.8) is 0 Å². The van der Waals surface area contributed by atoms with Gasteiger partial charge in [0.25, 0.3) is 6.71 Å². The van der Waals surface area contributed by atoms with Gasteiger partial charge >= 0.3 is 0 Å². The minimum absolute atomic E-state index is 0.0281. The van der Waals surface area contributed by atoms with Gasteiger partial charge in [-0.1, -0.05) is 146 Å². The zero-order valence-corrected chi connectivity index (χ0v) is 42.9. The number of hydrogen-bond donors (Lipinski definition) is 0. The maximum atomic E-state index is 2.69. The first kappa shape index (κ1) is 44.4. The molecule has 2 heterocycles. The van der Waals surface area contributed by atoms with Crippen LogP contribution < -0.4 is 31.1 Å². The van der Waals surface area contributed by atoms with E-state index in [0.29, 0.717) is 0 Å². The van der Waals surface area contributed by atoms with E-state index in [9.17, 15) is 0 Å². The van der Waals surface area contributed by atoms with Crippen molar-refractivity contribution in [1.82, 2.24) is 0 Å². The summed E-state index contributed by atoms with van der Waals surface area (Å²) in [7, 11) is 0. The van der Waals surface area contributed by atoms with E-state index in [1.807, 2.05) is 0 Å². The second kappa shape index (κ2) is 15.9. The molecular formula is C66H66BN3. The Morgan fingerprint density at radius 2 is 0.914 bits per heavy atom. The molecule has 348 valence electrons. The largest absolute Gasteiger partial charge is 0.311 e. The Labute approximate surface area is 417 Å². The van der Waals surface area contributed by atoms with Gasteiger partial charge in [0, 0.05) is 51.2 Å². The van der Waals surface area contributed by atoms with Crippen LogP contribution in [0.15, 0.2) is 170 Å². The van der Waals surface area contributed by atoms with Crippen molar-refractivity contribution in [2.45, 2.75) is 117 Å². The van der Waals surface area contributed by atoms with E-state index < -0.39 is 0 Å². The Hall–Kier alpha value is -6.78. The molecule has 0 N–H and O–H groups in total. The fraction of sp³-hybridized carbons (Fsp3) is 0.273. The maximum Gasteiger partial charge on any atom is 0.252 e. The molecule has 0 fully saturated rings. The highest BCUT2D eigenvalue weighted by atomic mass is 15.2. The van der Waals surface area contributed by atoms with Gasteiger partial charge in [0.1, 0.15) is 0 Å². The molecule has 2 aliphatic heterocycles. The summed E-state index contributed by atoms with van der Waals surface area (Å²) in [6.07, 6.45) is 4.68. The summed E-state index contributed by atoms with van der Waals surface area (Å²) in [6, 6.07) is 64.8. The smallest absolute Gasteiger partial charge is 0.252 e. The average Bonchev–Trinajstić information content (AvgIpc) is 3.35. The molecule has 0 unspecified atom stereocenters. The molecule has 0 radical (unpaired) electrons. The Morgan fingerprint density at radius 3 is 1.53 bits per heavy atom. The second-order valence-corrected chi connectivity index (χ2v) is 23.7. The van der Waals surface area contributed by atoms with E-state index in [1.165, 1.54) is 108 Å². The third-order valence-corrected chi connectivity index (χ3v) is 17.1. The Bertz CT molecular complexity index is 3330. The van der Waals surface area contributed by atoms with Crippen LogP contribution in [0, 0.1) is 13.8 Å². The summed E-state index contributed by atoms with van der Waals surface area (Å²) >= 11 is 0. The van der Waals surface area contributed by atoms with Gasteiger partial charge in [0.2, 0.25) is 0 Å². The van der Waals surface area contributed by atoms with Crippen LogP contribution >= 0.6 is 0 Å². The number of benzene rings is 8. The summed E-state index contributed by atoms with van der Waals surface area (Å²) in [5.41, 5.74) is 26.1. The van der Waals surface area contributed by atoms with Gasteiger partial charge in [-0.3, -0.25) is 0 Å². The molecule has 8 aromatic carbocycles. The lowest BCUT2D eigenvalue weighted by Gasteiger charge is -2.48. The molecule has 8 aromatic rings. The van der Waals surface area contributed by atoms with E-state index in [2.05, 4.69) is 254 Å². The normalized spacial score (nSPS) is 17.4. The number of nitrogens with zero attached hydrogens (tertiary/aromatic N) is 3. The number of rotatable bonds is 6. The zero-order chi connectivity index (χ0) is 48.5. The molecule has 4 aliphatic rings. The summed E-state index contributed by atoms with van der Waals surface area (Å²) in [5, 5.41) is 0. The number of fused-ring (bicyclic) bond motifs is 6. The standard InChI is InChI=1S/C66H66BN3/c1-43-36-60-62-61(37-43)70(58-38-46(27-26-44(58)2)45-20-14-11-15-21-45)57-31-29-50(68(47-22-16-12-17-23-47)48-24-18-13-19-25-48)40-55(57)67(62)56-41-53-54(66(9,10)35-34-65(53,7)8)42-59(56)69(60)49-28-30-51-52(39-49)64(5,6)33-32-63(51,3)4/h11-31,36-42H,32-35H2,1-10H3. The lowest BCUT2D eigenvalue weighted by atomic mass is 9.33. The maximum absolute atomic E-state index is 2.69. The molecular weight excluding hydrogens is 846 g/mol. The molecule has 12 rings (SSSR count). The van der Waals surface area contributed by atoms with Crippen LogP contribution in [0.5, 0.6) is 0 Å². The molecule has 0 spiro atoms. The van der Waals surface area contributed by atoms with Crippen LogP contribution in [-0.4, -0.2) is 6.71 Å². The molecule has 0 atom stereocenters. The first-order chi connectivity index (χ1) is 33.5. The third kappa shape index (κ3) is 6.99. The Kier molecular flexibility index (Phi) is 10.1. The molecule has 0 aromatic heterocycles. The fourth-order valence-electron chi connectivity index (χ4n) is 12.8. The number of para-hydroxylation sites is 2. The van der Waals surface area contributed by atoms with E-state index in [0.717, 1.165) is 29.9 Å². The topological polar surface area (TPSA) is 9.72 Å². The highest BCUT2D eigenvalue weighted by Crippen LogP contribution is 2.53. The van der Waals surface area contributed by atoms with Crippen molar-refractivity contribution < 1.29 is 0 Å². The van der Waals surface area contributed by atoms with E-state index in [1.54, 1.807) is 0 Å². The van der Waals surface area contributed by atoms with Crippen molar-refractivity contribution in [2.75, 3.05) is 14.7 Å². The molecule has 3 nitrogen and oxygen atoms in total. The lowest BCUT2D eigenvalue weighted by molar-refractivity contribution is 0.332. The predicted octanol–water partition coefficient (Wildman–Crippen LogP) is 16.2. The molecule has 70 heavy (non-hydrogen) atoms. The highest BCUT2D eigenvalue weighted by molar-refractivity contribution is 7.00. The van der Waals surface area contributed by atoms with Gasteiger partial charge in [-0.05, 0) is 201 Å². The van der Waals surface area contributed by atoms with Crippen molar-refractivity contribution in [3.05, 3.63) is 203 Å². The molecule has 0 bridgehead atoms. The number of aryl methyl sites for hydroxylation is 2. The van der Waals surface area contributed by atoms with Gasteiger partial charge in [-0.25, -0.2) is 0 Å². The number of hydrogen-bond acceptors (Lipinski definition) is 3. The average molecular weight is 912 g/mol. The molecule has 2 aliphatic carbocycles. The third-order valence-electron chi connectivity index (χ3n) is 17.1. The van der Waals surface area contributed by atoms with Crippen molar-refractivity contribution in [1.29, 1.82) is 0 Å². The molecule has 0 amide bonds. The van der Waals surface area contributed by atoms with Crippen LogP contribution in [0.3, 0.4) is 0 Å². The monoisotopic (exact) mass is 912 g/mol. The first-order valence-corrected chi connectivity index (χ1v) is 25.8. The molecule has 0 saturated heterocycles. The quantitative estimate of drug-likeness (QED) is 0.154. The highest BCUT2D eigenvalue weighted by Gasteiger charge is 2.47. The summed E-state index contributed by atoms with van der Waals surface area (Å²) in [5.74, 6) is 0. The van der Waals surface area contributed by atoms with Gasteiger partial charge < -0.3 is 14.7 Å². The van der Waals surface area contributed by atoms with Gasteiger partial charge in [-0.2, -0.15) is 0 Å². The van der Waals surface area contributed by atoms with Crippen LogP contribution in [0.1, 0.15) is 114 Å². The Morgan fingerprint density at radius 1 is 0.386 bits per heavy atom. The van der Waals surface area contributed by atoms with Crippen LogP contribution in [0.25, 0.3) is 11.1 Å². The lowest BCUT2D eigenvalue weighted by Crippen LogP contribution is -2.62. The minimum Gasteiger partial charge on any atom is -0.311 e. The van der Waals surface area contributed by atoms with Gasteiger partial charge in [-0.15, -0.1) is 0 Å². The fourth-order valence-corrected chi connectivity index (χ4v) is 12.8. The van der Waals surface area contributed by atoms with Crippen molar-refractivity contribution in [2.24, 2.45) is 0 Å². The van der Waals surface area contributed by atoms with E-state index >= 15 is 0 Å². The SMILES string of the molecule is Cc1cc2c3c(c1)N(c1cc(-c4ccccc4)ccc1C)c1ccc(N(c4ccccc4)c4ccccc4)cc1B3c1cc3c(cc1N2c1ccc2c(c1)C(C)(C)CCC2(C)C)C(C)(C)CCC3(C)C. The number of anilines is 9. The summed E-state index contributed by atoms with van der Waals surface area (Å²) in [4.78, 5) is 7.74. The summed E-state index contributed by atoms with van der Waals surface area (Å²) in [6.45, 7) is 24.3. The van der Waals surface area contributed by atoms with Gasteiger partial charge in [0.15, 0.2) is 0 Å². The Balaban J connectivity index is 1.19. The van der Waals surface area contributed by atoms with Crippen LogP contribution in [0.2, 0.25) is 0 Å². The summed E-state index contributed by atoms with van der Waals surface area (Å²) < 4.78 is 0. The van der Waals surface area contributed by atoms with Crippen molar-refractivity contribution >= 4 is 74.3 Å². The van der Waals surface area contributed by atoms with Crippen LogP contribution in [-0.2, 0) is 21.7 Å².